The van der Waals surface area contributed by atoms with Crippen LogP contribution in [0, 0.1) is 0 Å². The highest BCUT2D eigenvalue weighted by Gasteiger charge is 2.26. The molecule has 0 aliphatic carbocycles. The number of fused-ring (bicyclic) bond motifs is 1. The van der Waals surface area contributed by atoms with Crippen LogP contribution in [-0.2, 0) is 6.42 Å². The van der Waals surface area contributed by atoms with Gasteiger partial charge in [-0.2, -0.15) is 5.10 Å². The van der Waals surface area contributed by atoms with Gasteiger partial charge in [-0.15, -0.1) is 0 Å². The van der Waals surface area contributed by atoms with Gasteiger partial charge in [0.15, 0.2) is 5.82 Å². The van der Waals surface area contributed by atoms with Gasteiger partial charge in [0.2, 0.25) is 0 Å². The average Bonchev–Trinajstić information content (AvgIpc) is 2.91. The molecule has 88 valence electrons. The van der Waals surface area contributed by atoms with Crippen LogP contribution in [0.5, 0.6) is 0 Å². The Kier molecular flexibility index (Phi) is 2.59. The highest BCUT2D eigenvalue weighted by Crippen LogP contribution is 2.33. The molecule has 2 aliphatic heterocycles. The molecular formula is C12H20N4. The average molecular weight is 220 g/mol. The normalized spacial score (nSPS) is 22.1. The summed E-state index contributed by atoms with van der Waals surface area (Å²) in [7, 11) is 0. The van der Waals surface area contributed by atoms with Gasteiger partial charge in [0, 0.05) is 23.7 Å². The number of nitrogens with one attached hydrogen (secondary N) is 2. The van der Waals surface area contributed by atoms with Gasteiger partial charge < -0.3 is 10.2 Å². The van der Waals surface area contributed by atoms with E-state index >= 15 is 0 Å². The van der Waals surface area contributed by atoms with E-state index in [0.717, 1.165) is 18.8 Å². The molecule has 2 N–H and O–H groups in total. The first-order valence-electron chi connectivity index (χ1n) is 6.42. The number of aromatic nitrogens is 2. The van der Waals surface area contributed by atoms with Gasteiger partial charge in [0.1, 0.15) is 0 Å². The van der Waals surface area contributed by atoms with Crippen LogP contribution < -0.4 is 5.32 Å². The summed E-state index contributed by atoms with van der Waals surface area (Å²) in [6, 6.07) is 0. The number of nitrogens with zero attached hydrogens (tertiary/aromatic N) is 2. The zero-order valence-electron chi connectivity index (χ0n) is 9.92. The topological polar surface area (TPSA) is 44.0 Å². The number of anilines is 1. The van der Waals surface area contributed by atoms with Crippen LogP contribution in [0.3, 0.4) is 0 Å². The van der Waals surface area contributed by atoms with Crippen LogP contribution >= 0.6 is 0 Å². The Morgan fingerprint density at radius 3 is 2.94 bits per heavy atom. The molecule has 4 heteroatoms. The van der Waals surface area contributed by atoms with Crippen LogP contribution in [0.1, 0.15) is 36.9 Å². The van der Waals surface area contributed by atoms with Gasteiger partial charge >= 0.3 is 0 Å². The largest absolute Gasteiger partial charge is 0.368 e. The number of likely N-dealkylation sites (tertiary alicyclic amines) is 1. The van der Waals surface area contributed by atoms with Crippen molar-refractivity contribution in [3.63, 3.8) is 0 Å². The van der Waals surface area contributed by atoms with Crippen molar-refractivity contribution in [1.29, 1.82) is 0 Å². The van der Waals surface area contributed by atoms with Crippen molar-refractivity contribution in [3.8, 4) is 0 Å². The van der Waals surface area contributed by atoms with Crippen LogP contribution in [0.2, 0.25) is 0 Å². The van der Waals surface area contributed by atoms with E-state index < -0.39 is 0 Å². The monoisotopic (exact) mass is 220 g/mol. The maximum Gasteiger partial charge on any atom is 0.151 e. The van der Waals surface area contributed by atoms with E-state index in [1.54, 1.807) is 0 Å². The molecule has 1 saturated heterocycles. The number of piperidine rings is 1. The van der Waals surface area contributed by atoms with E-state index in [2.05, 4.69) is 27.3 Å². The molecule has 0 bridgehead atoms. The van der Waals surface area contributed by atoms with Crippen molar-refractivity contribution in [2.24, 2.45) is 0 Å². The fourth-order valence-electron chi connectivity index (χ4n) is 2.96. The van der Waals surface area contributed by atoms with Crippen molar-refractivity contribution >= 4 is 5.82 Å². The lowest BCUT2D eigenvalue weighted by atomic mass is 9.91. The van der Waals surface area contributed by atoms with Gasteiger partial charge in [0.25, 0.3) is 0 Å². The molecule has 2 aliphatic rings. The summed E-state index contributed by atoms with van der Waals surface area (Å²) in [4.78, 5) is 2.53. The Morgan fingerprint density at radius 2 is 2.19 bits per heavy atom. The molecule has 0 atom stereocenters. The smallest absolute Gasteiger partial charge is 0.151 e. The van der Waals surface area contributed by atoms with Crippen molar-refractivity contribution < 1.29 is 0 Å². The van der Waals surface area contributed by atoms with Crippen LogP contribution in [0.15, 0.2) is 0 Å². The number of hydrogen-bond donors (Lipinski definition) is 2. The van der Waals surface area contributed by atoms with Gasteiger partial charge in [-0.05, 0) is 38.9 Å². The predicted octanol–water partition coefficient (Wildman–Crippen LogP) is 1.58. The SMILES string of the molecule is CCN1CCC(c2[nH]nc3c2CCN3)CC1. The second kappa shape index (κ2) is 4.09. The predicted molar refractivity (Wildman–Crippen MR) is 64.9 cm³/mol. The summed E-state index contributed by atoms with van der Waals surface area (Å²) in [5.74, 6) is 1.81. The second-order valence-electron chi connectivity index (χ2n) is 4.85. The van der Waals surface area contributed by atoms with Gasteiger partial charge in [0.05, 0.1) is 0 Å². The van der Waals surface area contributed by atoms with Gasteiger partial charge in [-0.3, -0.25) is 5.10 Å². The van der Waals surface area contributed by atoms with Crippen molar-refractivity contribution in [1.82, 2.24) is 15.1 Å². The molecular weight excluding hydrogens is 200 g/mol. The number of rotatable bonds is 2. The lowest BCUT2D eigenvalue weighted by Crippen LogP contribution is -2.32. The summed E-state index contributed by atoms with van der Waals surface area (Å²) < 4.78 is 0. The van der Waals surface area contributed by atoms with E-state index in [4.69, 9.17) is 0 Å². The fraction of sp³-hybridized carbons (Fsp3) is 0.750. The Labute approximate surface area is 96.4 Å². The first kappa shape index (κ1) is 10.1. The lowest BCUT2D eigenvalue weighted by molar-refractivity contribution is 0.220. The number of hydrogen-bond acceptors (Lipinski definition) is 3. The molecule has 4 nitrogen and oxygen atoms in total. The minimum Gasteiger partial charge on any atom is -0.368 e. The molecule has 1 fully saturated rings. The number of H-pyrrole nitrogens is 1. The van der Waals surface area contributed by atoms with E-state index in [9.17, 15) is 0 Å². The van der Waals surface area contributed by atoms with E-state index in [0.29, 0.717) is 5.92 Å². The van der Waals surface area contributed by atoms with E-state index in [-0.39, 0.29) is 0 Å². The molecule has 1 aromatic rings. The summed E-state index contributed by atoms with van der Waals surface area (Å²) in [6.07, 6.45) is 3.71. The highest BCUT2D eigenvalue weighted by molar-refractivity contribution is 5.52. The van der Waals surface area contributed by atoms with Crippen LogP contribution in [0.25, 0.3) is 0 Å². The van der Waals surface area contributed by atoms with Crippen LogP contribution in [0.4, 0.5) is 5.82 Å². The molecule has 3 heterocycles. The quantitative estimate of drug-likeness (QED) is 0.795. The molecule has 0 amide bonds. The Morgan fingerprint density at radius 1 is 1.38 bits per heavy atom. The Balaban J connectivity index is 1.73. The van der Waals surface area contributed by atoms with Gasteiger partial charge in [-0.25, -0.2) is 0 Å². The zero-order valence-corrected chi connectivity index (χ0v) is 9.92. The fourth-order valence-corrected chi connectivity index (χ4v) is 2.96. The minimum absolute atomic E-state index is 0.707. The standard InChI is InChI=1S/C12H20N4/c1-2-16-7-4-9(5-8-16)11-10-3-6-13-12(10)15-14-11/h9H,2-8H2,1H3,(H2,13,14,15). The molecule has 0 unspecified atom stereocenters. The van der Waals surface area contributed by atoms with Crippen molar-refractivity contribution in [3.05, 3.63) is 11.3 Å². The molecule has 0 spiro atoms. The third-order valence-electron chi connectivity index (χ3n) is 4.01. The van der Waals surface area contributed by atoms with Crippen molar-refractivity contribution in [2.75, 3.05) is 31.5 Å². The minimum atomic E-state index is 0.707. The first-order valence-corrected chi connectivity index (χ1v) is 6.42. The maximum atomic E-state index is 4.36. The first-order chi connectivity index (χ1) is 7.88. The summed E-state index contributed by atoms with van der Waals surface area (Å²) in [5, 5.41) is 10.9. The Bertz CT molecular complexity index is 363. The van der Waals surface area contributed by atoms with E-state index in [1.165, 1.54) is 43.7 Å². The maximum absolute atomic E-state index is 4.36. The number of aromatic amines is 1. The molecule has 0 radical (unpaired) electrons. The summed E-state index contributed by atoms with van der Waals surface area (Å²) in [6.45, 7) is 6.98. The third-order valence-corrected chi connectivity index (χ3v) is 4.01. The molecule has 3 rings (SSSR count). The van der Waals surface area contributed by atoms with E-state index in [1.807, 2.05) is 0 Å². The molecule has 0 saturated carbocycles. The summed E-state index contributed by atoms with van der Waals surface area (Å²) >= 11 is 0. The Hall–Kier alpha value is -1.03. The molecule has 0 aromatic carbocycles. The lowest BCUT2D eigenvalue weighted by Gasteiger charge is -2.30. The summed E-state index contributed by atoms with van der Waals surface area (Å²) in [5.41, 5.74) is 2.87. The van der Waals surface area contributed by atoms with Crippen LogP contribution in [-0.4, -0.2) is 41.3 Å². The highest BCUT2D eigenvalue weighted by atomic mass is 15.2. The molecule has 1 aromatic heterocycles. The third kappa shape index (κ3) is 1.61. The molecule has 16 heavy (non-hydrogen) atoms. The zero-order chi connectivity index (χ0) is 11.0. The second-order valence-corrected chi connectivity index (χ2v) is 4.85. The van der Waals surface area contributed by atoms with Crippen molar-refractivity contribution in [2.45, 2.75) is 32.1 Å². The van der Waals surface area contributed by atoms with Gasteiger partial charge in [-0.1, -0.05) is 6.92 Å².